The molecular weight excluding hydrogens is 817 g/mol. The minimum atomic E-state index is 0.506. The zero-order valence-electron chi connectivity index (χ0n) is 36.4. The highest BCUT2D eigenvalue weighted by molar-refractivity contribution is 6.12. The lowest BCUT2D eigenvalue weighted by Gasteiger charge is -2.17. The Labute approximate surface area is 378 Å². The predicted octanol–water partition coefficient (Wildman–Crippen LogP) is 12.5. The van der Waals surface area contributed by atoms with Gasteiger partial charge in [-0.3, -0.25) is 0 Å². The number of aryl methyl sites for hydroxylation is 4. The average Bonchev–Trinajstić information content (AvgIpc) is 3.89. The summed E-state index contributed by atoms with van der Waals surface area (Å²) < 4.78 is 8.91. The standard InChI is InChI=1S/C55H38N10O/c1-31-56-32(2)59-53(58-31)38-22-25-41-42-26-23-39(54-60-33(3)57-34(4)61-54)30-48(42)65(47(41)29-38)46-27-24-37(40-19-13-20-44-43-18-11-12-21-49(43)66-50(40)44)28-45(46)55-63-51(35-14-7-5-8-15-35)62-52(64-55)36-16-9-6-10-17-36/h5-30H,1-4H3. The lowest BCUT2D eigenvalue weighted by molar-refractivity contribution is 0.670. The van der Waals surface area contributed by atoms with Crippen LogP contribution in [-0.4, -0.2) is 49.4 Å². The number of aromatic nitrogens is 10. The lowest BCUT2D eigenvalue weighted by Crippen LogP contribution is -2.04. The van der Waals surface area contributed by atoms with Gasteiger partial charge in [0.25, 0.3) is 0 Å². The van der Waals surface area contributed by atoms with Gasteiger partial charge in [-0.05, 0) is 63.6 Å². The topological polar surface area (TPSA) is 134 Å². The van der Waals surface area contributed by atoms with Crippen molar-refractivity contribution in [2.45, 2.75) is 27.7 Å². The molecule has 0 N–H and O–H groups in total. The third-order valence-electron chi connectivity index (χ3n) is 11.9. The number of benzene rings is 7. The first-order valence-electron chi connectivity index (χ1n) is 21.7. The van der Waals surface area contributed by atoms with Gasteiger partial charge in [0.1, 0.15) is 34.5 Å². The van der Waals surface area contributed by atoms with Gasteiger partial charge in [0.15, 0.2) is 29.1 Å². The highest BCUT2D eigenvalue weighted by Gasteiger charge is 2.23. The van der Waals surface area contributed by atoms with Crippen molar-refractivity contribution in [2.24, 2.45) is 0 Å². The summed E-state index contributed by atoms with van der Waals surface area (Å²) in [7, 11) is 0. The first kappa shape index (κ1) is 38.8. The molecule has 11 heteroatoms. The molecule has 0 amide bonds. The molecule has 314 valence electrons. The van der Waals surface area contributed by atoms with Gasteiger partial charge in [-0.15, -0.1) is 0 Å². The maximum Gasteiger partial charge on any atom is 0.166 e. The molecule has 0 atom stereocenters. The second kappa shape index (κ2) is 15.5. The third kappa shape index (κ3) is 6.72. The van der Waals surface area contributed by atoms with Gasteiger partial charge < -0.3 is 8.98 Å². The first-order valence-corrected chi connectivity index (χ1v) is 21.7. The molecule has 0 aliphatic rings. The summed E-state index contributed by atoms with van der Waals surface area (Å²) >= 11 is 0. The molecule has 0 fully saturated rings. The van der Waals surface area contributed by atoms with E-state index in [4.69, 9.17) is 39.3 Å². The summed E-state index contributed by atoms with van der Waals surface area (Å²) in [6.07, 6.45) is 0. The number of para-hydroxylation sites is 2. The van der Waals surface area contributed by atoms with Crippen molar-refractivity contribution >= 4 is 43.7 Å². The molecule has 12 rings (SSSR count). The van der Waals surface area contributed by atoms with Crippen LogP contribution in [0, 0.1) is 27.7 Å². The Hall–Kier alpha value is -8.83. The lowest BCUT2D eigenvalue weighted by atomic mass is 9.98. The molecule has 7 aromatic carbocycles. The number of furan rings is 1. The maximum atomic E-state index is 6.62. The molecule has 0 saturated heterocycles. The molecule has 0 radical (unpaired) electrons. The van der Waals surface area contributed by atoms with Crippen LogP contribution in [0.4, 0.5) is 0 Å². The molecule has 5 aromatic heterocycles. The van der Waals surface area contributed by atoms with Crippen LogP contribution < -0.4 is 0 Å². The van der Waals surface area contributed by atoms with E-state index in [0.717, 1.165) is 88.4 Å². The molecule has 0 bridgehead atoms. The van der Waals surface area contributed by atoms with E-state index >= 15 is 0 Å². The first-order chi connectivity index (χ1) is 32.3. The predicted molar refractivity (Wildman–Crippen MR) is 260 cm³/mol. The van der Waals surface area contributed by atoms with Crippen molar-refractivity contribution in [2.75, 3.05) is 0 Å². The Balaban J connectivity index is 1.19. The number of rotatable bonds is 7. The Kier molecular flexibility index (Phi) is 9.09. The fourth-order valence-electron chi connectivity index (χ4n) is 9.03. The number of hydrogen-bond donors (Lipinski definition) is 0. The zero-order chi connectivity index (χ0) is 44.5. The van der Waals surface area contributed by atoms with Crippen LogP contribution in [0.5, 0.6) is 0 Å². The molecular formula is C55H38N10O. The third-order valence-corrected chi connectivity index (χ3v) is 11.9. The molecule has 12 aromatic rings. The van der Waals surface area contributed by atoms with Crippen molar-refractivity contribution in [1.29, 1.82) is 0 Å². The number of fused-ring (bicyclic) bond motifs is 6. The van der Waals surface area contributed by atoms with E-state index in [1.807, 2.05) is 107 Å². The summed E-state index contributed by atoms with van der Waals surface area (Å²) in [4.78, 5) is 43.8. The second-order valence-corrected chi connectivity index (χ2v) is 16.4. The summed E-state index contributed by atoms with van der Waals surface area (Å²) in [5.41, 5.74) is 10.5. The zero-order valence-corrected chi connectivity index (χ0v) is 36.4. The summed E-state index contributed by atoms with van der Waals surface area (Å²) in [5, 5.41) is 4.19. The van der Waals surface area contributed by atoms with Crippen LogP contribution in [-0.2, 0) is 0 Å². The van der Waals surface area contributed by atoms with E-state index in [0.29, 0.717) is 52.4 Å². The van der Waals surface area contributed by atoms with E-state index in [9.17, 15) is 0 Å². The molecule has 0 spiro atoms. The highest BCUT2D eigenvalue weighted by atomic mass is 16.3. The Morgan fingerprint density at radius 1 is 0.333 bits per heavy atom. The summed E-state index contributed by atoms with van der Waals surface area (Å²) in [6.45, 7) is 7.56. The normalized spacial score (nSPS) is 11.6. The van der Waals surface area contributed by atoms with Crippen LogP contribution in [0.1, 0.15) is 23.3 Å². The van der Waals surface area contributed by atoms with E-state index in [1.165, 1.54) is 0 Å². The van der Waals surface area contributed by atoms with Gasteiger partial charge in [-0.2, -0.15) is 0 Å². The largest absolute Gasteiger partial charge is 0.455 e. The van der Waals surface area contributed by atoms with Crippen molar-refractivity contribution in [3.63, 3.8) is 0 Å². The maximum absolute atomic E-state index is 6.62. The van der Waals surface area contributed by atoms with Crippen molar-refractivity contribution < 1.29 is 4.42 Å². The molecule has 66 heavy (non-hydrogen) atoms. The number of hydrogen-bond acceptors (Lipinski definition) is 10. The van der Waals surface area contributed by atoms with E-state index in [2.05, 4.69) is 93.4 Å². The van der Waals surface area contributed by atoms with Gasteiger partial charge in [0, 0.05) is 54.9 Å². The molecule has 0 aliphatic heterocycles. The van der Waals surface area contributed by atoms with E-state index in [1.54, 1.807) is 0 Å². The van der Waals surface area contributed by atoms with Crippen molar-refractivity contribution in [3.05, 3.63) is 181 Å². The van der Waals surface area contributed by atoms with E-state index < -0.39 is 0 Å². The van der Waals surface area contributed by atoms with Gasteiger partial charge >= 0.3 is 0 Å². The van der Waals surface area contributed by atoms with Crippen LogP contribution in [0.2, 0.25) is 0 Å². The van der Waals surface area contributed by atoms with Gasteiger partial charge in [-0.1, -0.05) is 127 Å². The Bertz CT molecular complexity index is 3670. The minimum absolute atomic E-state index is 0.506. The Morgan fingerprint density at radius 2 is 0.818 bits per heavy atom. The monoisotopic (exact) mass is 854 g/mol. The molecule has 11 nitrogen and oxygen atoms in total. The van der Waals surface area contributed by atoms with Crippen LogP contribution in [0.3, 0.4) is 0 Å². The second-order valence-electron chi connectivity index (χ2n) is 16.4. The van der Waals surface area contributed by atoms with Gasteiger partial charge in [-0.25, -0.2) is 44.9 Å². The summed E-state index contributed by atoms with van der Waals surface area (Å²) in [5.74, 6) is 5.44. The average molecular weight is 855 g/mol. The molecule has 0 aliphatic carbocycles. The highest BCUT2D eigenvalue weighted by Crippen LogP contribution is 2.42. The van der Waals surface area contributed by atoms with Crippen molar-refractivity contribution in [1.82, 2.24) is 49.4 Å². The van der Waals surface area contributed by atoms with Crippen LogP contribution >= 0.6 is 0 Å². The minimum Gasteiger partial charge on any atom is -0.455 e. The fourth-order valence-corrected chi connectivity index (χ4v) is 9.03. The van der Waals surface area contributed by atoms with Crippen LogP contribution in [0.25, 0.3) is 117 Å². The molecule has 5 heterocycles. The van der Waals surface area contributed by atoms with E-state index in [-0.39, 0.29) is 0 Å². The SMILES string of the molecule is Cc1nc(C)nc(-c2ccc3c4ccc(-c5nc(C)nc(C)n5)cc4n(-c4ccc(-c5cccc6c5oc5ccccc56)cc4-c4nc(-c5ccccc5)nc(-c5ccccc5)n4)c3c2)n1. The molecule has 0 saturated carbocycles. The smallest absolute Gasteiger partial charge is 0.166 e. The van der Waals surface area contributed by atoms with Gasteiger partial charge in [0.2, 0.25) is 0 Å². The quantitative estimate of drug-likeness (QED) is 0.152. The fraction of sp³-hybridized carbons (Fsp3) is 0.0727. The number of nitrogens with zero attached hydrogens (tertiary/aromatic N) is 10. The molecule has 0 unspecified atom stereocenters. The van der Waals surface area contributed by atoms with Crippen LogP contribution in [0.15, 0.2) is 162 Å². The van der Waals surface area contributed by atoms with Crippen molar-refractivity contribution in [3.8, 4) is 73.8 Å². The summed E-state index contributed by atoms with van der Waals surface area (Å²) in [6, 6.07) is 53.8. The Morgan fingerprint density at radius 3 is 1.39 bits per heavy atom. The van der Waals surface area contributed by atoms with Gasteiger partial charge in [0.05, 0.1) is 16.7 Å².